The molecule has 0 bridgehead atoms. The van der Waals surface area contributed by atoms with Crippen LogP contribution in [0.15, 0.2) is 40.1 Å². The molecule has 0 radical (unpaired) electrons. The van der Waals surface area contributed by atoms with Crippen LogP contribution in [0.1, 0.15) is 17.7 Å². The topological polar surface area (TPSA) is 101 Å². The van der Waals surface area contributed by atoms with E-state index in [2.05, 4.69) is 9.98 Å². The monoisotopic (exact) mass is 442 g/mol. The number of benzene rings is 1. The van der Waals surface area contributed by atoms with Crippen molar-refractivity contribution in [1.29, 1.82) is 5.26 Å². The van der Waals surface area contributed by atoms with Gasteiger partial charge in [-0.15, -0.1) is 11.3 Å². The van der Waals surface area contributed by atoms with Crippen LogP contribution in [0.4, 0.5) is 5.69 Å². The molecule has 0 amide bonds. The quantitative estimate of drug-likeness (QED) is 0.697. The summed E-state index contributed by atoms with van der Waals surface area (Å²) in [5, 5.41) is 20.0. The molecule has 0 aliphatic carbocycles. The van der Waals surface area contributed by atoms with Gasteiger partial charge in [0, 0.05) is 12.7 Å². The SMILES string of the molecule is COc1ccc(N=C2O/C(=C/c3sc(=S)n(C[C@@H]4CCCO4)c3O)N=C2C#N)cc1. The number of hydrogen-bond donors (Lipinski definition) is 1. The zero-order valence-corrected chi connectivity index (χ0v) is 17.7. The first-order valence-electron chi connectivity index (χ1n) is 9.23. The van der Waals surface area contributed by atoms with Gasteiger partial charge in [-0.3, -0.25) is 4.57 Å². The van der Waals surface area contributed by atoms with E-state index in [-0.39, 0.29) is 29.5 Å². The zero-order valence-electron chi connectivity index (χ0n) is 16.1. The molecule has 8 nitrogen and oxygen atoms in total. The summed E-state index contributed by atoms with van der Waals surface area (Å²) in [5.41, 5.74) is 0.648. The van der Waals surface area contributed by atoms with Crippen LogP contribution in [-0.2, 0) is 16.0 Å². The van der Waals surface area contributed by atoms with Gasteiger partial charge in [0.05, 0.1) is 30.3 Å². The van der Waals surface area contributed by atoms with Gasteiger partial charge in [-0.1, -0.05) is 0 Å². The molecule has 2 aliphatic heterocycles. The Morgan fingerprint density at radius 1 is 1.47 bits per heavy atom. The highest BCUT2D eigenvalue weighted by atomic mass is 32.1. The van der Waals surface area contributed by atoms with E-state index in [9.17, 15) is 10.4 Å². The van der Waals surface area contributed by atoms with Gasteiger partial charge in [0.2, 0.25) is 17.5 Å². The van der Waals surface area contributed by atoms with E-state index in [0.717, 1.165) is 19.4 Å². The highest BCUT2D eigenvalue weighted by Crippen LogP contribution is 2.31. The van der Waals surface area contributed by atoms with Crippen LogP contribution in [0.2, 0.25) is 0 Å². The molecular weight excluding hydrogens is 424 g/mol. The highest BCUT2D eigenvalue weighted by Gasteiger charge is 2.24. The number of nitrogens with zero attached hydrogens (tertiary/aromatic N) is 4. The number of hydrogen-bond acceptors (Lipinski definition) is 9. The third-order valence-corrected chi connectivity index (χ3v) is 5.98. The van der Waals surface area contributed by atoms with Crippen molar-refractivity contribution in [2.24, 2.45) is 9.98 Å². The molecule has 1 saturated heterocycles. The fraction of sp³-hybridized carbons (Fsp3) is 0.300. The lowest BCUT2D eigenvalue weighted by atomic mass is 10.2. The molecule has 1 aromatic carbocycles. The molecule has 1 N–H and O–H groups in total. The van der Waals surface area contributed by atoms with Gasteiger partial charge in [0.25, 0.3) is 5.90 Å². The number of aromatic nitrogens is 1. The smallest absolute Gasteiger partial charge is 0.258 e. The molecule has 0 unspecified atom stereocenters. The molecule has 1 aromatic heterocycles. The van der Waals surface area contributed by atoms with Crippen molar-refractivity contribution < 1.29 is 19.3 Å². The summed E-state index contributed by atoms with van der Waals surface area (Å²) < 4.78 is 18.6. The maximum absolute atomic E-state index is 10.6. The molecule has 2 aliphatic rings. The molecule has 1 fully saturated rings. The van der Waals surface area contributed by atoms with E-state index >= 15 is 0 Å². The number of ether oxygens (including phenoxy) is 3. The van der Waals surface area contributed by atoms with E-state index in [1.807, 2.05) is 6.07 Å². The van der Waals surface area contributed by atoms with Crippen molar-refractivity contribution in [3.05, 3.63) is 39.0 Å². The number of thiazole rings is 1. The normalized spacial score (nSPS) is 20.9. The van der Waals surface area contributed by atoms with Crippen molar-refractivity contribution in [1.82, 2.24) is 4.57 Å². The van der Waals surface area contributed by atoms with Crippen LogP contribution in [0, 0.1) is 15.3 Å². The van der Waals surface area contributed by atoms with Crippen LogP contribution >= 0.6 is 23.6 Å². The van der Waals surface area contributed by atoms with Gasteiger partial charge < -0.3 is 19.3 Å². The minimum absolute atomic E-state index is 0.0332. The van der Waals surface area contributed by atoms with Crippen molar-refractivity contribution in [3.63, 3.8) is 0 Å². The average Bonchev–Trinajstić information content (AvgIpc) is 3.46. The van der Waals surface area contributed by atoms with E-state index in [1.54, 1.807) is 42.0 Å². The fourth-order valence-electron chi connectivity index (χ4n) is 3.09. The predicted octanol–water partition coefficient (Wildman–Crippen LogP) is 4.20. The first-order valence-corrected chi connectivity index (χ1v) is 10.5. The van der Waals surface area contributed by atoms with E-state index in [4.69, 9.17) is 26.4 Å². The summed E-state index contributed by atoms with van der Waals surface area (Å²) in [5.74, 6) is 0.988. The van der Waals surface area contributed by atoms with Gasteiger partial charge in [-0.25, -0.2) is 4.99 Å². The average molecular weight is 443 g/mol. The van der Waals surface area contributed by atoms with E-state index < -0.39 is 0 Å². The molecular formula is C20H18N4O4S2. The van der Waals surface area contributed by atoms with Crippen LogP contribution in [-0.4, -0.2) is 41.1 Å². The molecule has 0 saturated carbocycles. The summed E-state index contributed by atoms with van der Waals surface area (Å²) in [6.07, 6.45) is 3.55. The zero-order chi connectivity index (χ0) is 21.1. The Balaban J connectivity index is 1.57. The molecule has 10 heteroatoms. The van der Waals surface area contributed by atoms with Gasteiger partial charge in [0.15, 0.2) is 3.95 Å². The first-order chi connectivity index (χ1) is 14.6. The molecule has 4 rings (SSSR count). The second kappa shape index (κ2) is 8.79. The lowest BCUT2D eigenvalue weighted by molar-refractivity contribution is 0.0948. The lowest BCUT2D eigenvalue weighted by Gasteiger charge is -2.10. The van der Waals surface area contributed by atoms with Crippen molar-refractivity contribution in [2.45, 2.75) is 25.5 Å². The molecule has 2 aromatic rings. The van der Waals surface area contributed by atoms with Gasteiger partial charge in [0.1, 0.15) is 11.8 Å². The third-order valence-electron chi connectivity index (χ3n) is 4.59. The highest BCUT2D eigenvalue weighted by molar-refractivity contribution is 7.73. The number of aromatic hydroxyl groups is 1. The summed E-state index contributed by atoms with van der Waals surface area (Å²) in [6.45, 7) is 1.23. The maximum Gasteiger partial charge on any atom is 0.258 e. The molecule has 154 valence electrons. The maximum atomic E-state index is 10.6. The van der Waals surface area contributed by atoms with Crippen molar-refractivity contribution in [3.8, 4) is 17.7 Å². The molecule has 3 heterocycles. The fourth-order valence-corrected chi connectivity index (χ4v) is 4.34. The molecule has 0 spiro atoms. The third kappa shape index (κ3) is 4.28. The van der Waals surface area contributed by atoms with Crippen LogP contribution in [0.5, 0.6) is 11.6 Å². The Morgan fingerprint density at radius 2 is 2.27 bits per heavy atom. The van der Waals surface area contributed by atoms with Gasteiger partial charge in [-0.2, -0.15) is 10.3 Å². The van der Waals surface area contributed by atoms with Crippen LogP contribution < -0.4 is 4.74 Å². The number of aliphatic imine (C=N–C) groups is 2. The van der Waals surface area contributed by atoms with Crippen LogP contribution in [0.25, 0.3) is 6.08 Å². The first kappa shape index (κ1) is 20.3. The number of methoxy groups -OCH3 is 1. The van der Waals surface area contributed by atoms with E-state index in [0.29, 0.717) is 26.8 Å². The standard InChI is InChI=1S/C20H18N4O4S2/c1-26-13-6-4-12(5-7-13)22-18-15(10-21)23-17(28-18)9-16-19(25)24(20(29)30-16)11-14-3-2-8-27-14/h4-7,9,14,25H,2-3,8,11H2,1H3/b17-9+,22-18?/t14-/m0/s1. The van der Waals surface area contributed by atoms with Crippen LogP contribution in [0.3, 0.4) is 0 Å². The Kier molecular flexibility index (Phi) is 5.94. The second-order valence-electron chi connectivity index (χ2n) is 6.57. The minimum Gasteiger partial charge on any atom is -0.497 e. The Hall–Kier alpha value is -3.00. The summed E-state index contributed by atoms with van der Waals surface area (Å²) in [7, 11) is 1.58. The summed E-state index contributed by atoms with van der Waals surface area (Å²) in [4.78, 5) is 9.00. The van der Waals surface area contributed by atoms with Crippen molar-refractivity contribution >= 4 is 46.9 Å². The molecule has 30 heavy (non-hydrogen) atoms. The minimum atomic E-state index is 0.0332. The predicted molar refractivity (Wildman–Crippen MR) is 116 cm³/mol. The summed E-state index contributed by atoms with van der Waals surface area (Å²) >= 11 is 6.63. The lowest BCUT2D eigenvalue weighted by Crippen LogP contribution is -2.14. The second-order valence-corrected chi connectivity index (χ2v) is 8.25. The Bertz CT molecular complexity index is 1130. The molecule has 1 atom stereocenters. The Labute approximate surface area is 182 Å². The van der Waals surface area contributed by atoms with E-state index in [1.165, 1.54) is 11.3 Å². The number of nitriles is 1. The largest absolute Gasteiger partial charge is 0.497 e. The van der Waals surface area contributed by atoms with Gasteiger partial charge in [-0.05, 0) is 49.3 Å². The summed E-state index contributed by atoms with van der Waals surface area (Å²) in [6, 6.07) is 8.99. The Morgan fingerprint density at radius 3 is 2.93 bits per heavy atom. The van der Waals surface area contributed by atoms with Gasteiger partial charge >= 0.3 is 0 Å². The number of rotatable bonds is 5. The van der Waals surface area contributed by atoms with Crippen molar-refractivity contribution in [2.75, 3.05) is 13.7 Å².